The molecule has 0 radical (unpaired) electrons. The second-order valence-electron chi connectivity index (χ2n) is 19.6. The third kappa shape index (κ3) is 8.45. The predicted molar refractivity (Wildman–Crippen MR) is 310 cm³/mol. The Kier molecular flexibility index (Phi) is 11.5. The highest BCUT2D eigenvalue weighted by atomic mass is 15.2. The number of hydrogen-bond acceptors (Lipinski definition) is 4. The summed E-state index contributed by atoms with van der Waals surface area (Å²) in [6, 6.07) is 87.3. The SMILES string of the molecule is Cc1ccc(-c2cc(-c3ccc(C)cc3)cc(N(c3cccc(C#N)c3)c3ccc4ccc5c(N(c6cccc(C#N)c6)c6cc(-c7ccc(C)cc7)cc(-c7ccc(C)cc7)c6)ccc6ccc3c4c65)c2)cc1. The molecule has 0 aliphatic rings. The predicted octanol–water partition coefficient (Wildman–Crippen LogP) is 19.2. The third-order valence-corrected chi connectivity index (χ3v) is 14.5. The molecule has 0 fully saturated rings. The molecule has 0 amide bonds. The Labute approximate surface area is 432 Å². The quantitative estimate of drug-likeness (QED) is 0.128. The molecule has 12 aromatic rings. The van der Waals surface area contributed by atoms with Crippen LogP contribution in [0.4, 0.5) is 34.1 Å². The maximum atomic E-state index is 10.3. The first kappa shape index (κ1) is 45.4. The second kappa shape index (κ2) is 18.8. The first-order chi connectivity index (χ1) is 36.2. The fourth-order valence-corrected chi connectivity index (χ4v) is 10.6. The van der Waals surface area contributed by atoms with Crippen molar-refractivity contribution in [1.29, 1.82) is 10.5 Å². The first-order valence-electron chi connectivity index (χ1n) is 25.1. The summed E-state index contributed by atoms with van der Waals surface area (Å²) >= 11 is 0. The number of rotatable bonds is 10. The molecular formula is C70H50N4. The topological polar surface area (TPSA) is 54.1 Å². The lowest BCUT2D eigenvalue weighted by Crippen LogP contribution is -2.12. The van der Waals surface area contributed by atoms with Gasteiger partial charge >= 0.3 is 0 Å². The largest absolute Gasteiger partial charge is 0.310 e. The smallest absolute Gasteiger partial charge is 0.0992 e. The van der Waals surface area contributed by atoms with Gasteiger partial charge in [-0.15, -0.1) is 0 Å². The van der Waals surface area contributed by atoms with E-state index in [1.54, 1.807) is 0 Å². The van der Waals surface area contributed by atoms with E-state index in [2.05, 4.69) is 244 Å². The van der Waals surface area contributed by atoms with E-state index in [4.69, 9.17) is 0 Å². The fourth-order valence-electron chi connectivity index (χ4n) is 10.6. The Hall–Kier alpha value is -9.74. The van der Waals surface area contributed by atoms with E-state index in [-0.39, 0.29) is 0 Å². The average molecular weight is 947 g/mol. The lowest BCUT2D eigenvalue weighted by atomic mass is 9.91. The molecule has 0 unspecified atom stereocenters. The molecule has 0 bridgehead atoms. The van der Waals surface area contributed by atoms with Crippen LogP contribution in [0.5, 0.6) is 0 Å². The van der Waals surface area contributed by atoms with Crippen LogP contribution in [0.2, 0.25) is 0 Å². The van der Waals surface area contributed by atoms with E-state index in [9.17, 15) is 10.5 Å². The Morgan fingerprint density at radius 1 is 0.284 bits per heavy atom. The van der Waals surface area contributed by atoms with Crippen LogP contribution in [-0.2, 0) is 0 Å². The fraction of sp³-hybridized carbons (Fsp3) is 0.0571. The standard InChI is InChI=1S/C70H50N4/c1-45-11-19-51(20-12-45)57-37-58(52-21-13-46(2)14-22-52)40-63(39-57)73(61-9-5-7-49(35-61)43-71)67-33-29-55-28-32-66-68(34-30-56-27-31-65(67)69(55)70(56)66)74(62-10-6-8-50(36-62)44-72)64-41-59(53-23-15-47(3)16-24-53)38-60(42-64)54-25-17-48(4)18-26-54/h5-42H,1-4H3. The second-order valence-corrected chi connectivity index (χ2v) is 19.6. The minimum atomic E-state index is 0.584. The number of hydrogen-bond donors (Lipinski definition) is 0. The van der Waals surface area contributed by atoms with Crippen molar-refractivity contribution in [1.82, 2.24) is 0 Å². The molecule has 4 heteroatoms. The summed E-state index contributed by atoms with van der Waals surface area (Å²) in [5, 5.41) is 27.3. The van der Waals surface area contributed by atoms with Crippen LogP contribution in [-0.4, -0.2) is 0 Å². The van der Waals surface area contributed by atoms with E-state index < -0.39 is 0 Å². The molecule has 0 atom stereocenters. The molecule has 0 aliphatic heterocycles. The van der Waals surface area contributed by atoms with Gasteiger partial charge < -0.3 is 9.80 Å². The molecule has 0 aliphatic carbocycles. The highest BCUT2D eigenvalue weighted by Gasteiger charge is 2.24. The van der Waals surface area contributed by atoms with Crippen molar-refractivity contribution in [3.05, 3.63) is 264 Å². The monoisotopic (exact) mass is 946 g/mol. The molecule has 12 aromatic carbocycles. The highest BCUT2D eigenvalue weighted by molar-refractivity contribution is 6.28. The summed E-state index contributed by atoms with van der Waals surface area (Å²) in [5.74, 6) is 0. The van der Waals surface area contributed by atoms with Gasteiger partial charge in [0.15, 0.2) is 0 Å². The van der Waals surface area contributed by atoms with Gasteiger partial charge in [0.25, 0.3) is 0 Å². The number of nitrogens with zero attached hydrogens (tertiary/aromatic N) is 4. The number of benzene rings is 12. The van der Waals surface area contributed by atoms with Gasteiger partial charge in [-0.3, -0.25) is 0 Å². The minimum absolute atomic E-state index is 0.584. The van der Waals surface area contributed by atoms with Gasteiger partial charge in [0.05, 0.1) is 34.6 Å². The van der Waals surface area contributed by atoms with Gasteiger partial charge in [-0.1, -0.05) is 168 Å². The van der Waals surface area contributed by atoms with Gasteiger partial charge in [0.1, 0.15) is 0 Å². The van der Waals surface area contributed by atoms with E-state index >= 15 is 0 Å². The molecule has 74 heavy (non-hydrogen) atoms. The van der Waals surface area contributed by atoms with Gasteiger partial charge in [0, 0.05) is 33.5 Å². The first-order valence-corrected chi connectivity index (χ1v) is 25.1. The van der Waals surface area contributed by atoms with Crippen LogP contribution in [0.25, 0.3) is 76.8 Å². The molecule has 0 spiro atoms. The van der Waals surface area contributed by atoms with Crippen molar-refractivity contribution < 1.29 is 0 Å². The van der Waals surface area contributed by atoms with E-state index in [1.165, 1.54) is 22.3 Å². The summed E-state index contributed by atoms with van der Waals surface area (Å²) in [6.07, 6.45) is 0. The Bertz CT molecular complexity index is 3770. The minimum Gasteiger partial charge on any atom is -0.310 e. The Morgan fingerprint density at radius 2 is 0.595 bits per heavy atom. The molecule has 4 nitrogen and oxygen atoms in total. The summed E-state index contributed by atoms with van der Waals surface area (Å²) in [5.41, 5.74) is 20.6. The van der Waals surface area contributed by atoms with Crippen LogP contribution in [0, 0.1) is 50.4 Å². The van der Waals surface area contributed by atoms with Crippen molar-refractivity contribution in [3.8, 4) is 56.6 Å². The zero-order chi connectivity index (χ0) is 50.5. The number of anilines is 6. The summed E-state index contributed by atoms with van der Waals surface area (Å²) < 4.78 is 0. The van der Waals surface area contributed by atoms with Crippen molar-refractivity contribution in [2.75, 3.05) is 9.80 Å². The molecular weight excluding hydrogens is 897 g/mol. The summed E-state index contributed by atoms with van der Waals surface area (Å²) in [6.45, 7) is 8.48. The molecule has 0 saturated heterocycles. The Balaban J connectivity index is 1.11. The zero-order valence-corrected chi connectivity index (χ0v) is 41.7. The van der Waals surface area contributed by atoms with Crippen LogP contribution in [0.3, 0.4) is 0 Å². The van der Waals surface area contributed by atoms with E-state index in [0.717, 1.165) is 111 Å². The van der Waals surface area contributed by atoms with E-state index in [0.29, 0.717) is 11.1 Å². The number of nitriles is 2. The maximum Gasteiger partial charge on any atom is 0.0992 e. The molecule has 0 saturated carbocycles. The van der Waals surface area contributed by atoms with Crippen molar-refractivity contribution in [2.24, 2.45) is 0 Å². The third-order valence-electron chi connectivity index (χ3n) is 14.5. The zero-order valence-electron chi connectivity index (χ0n) is 41.7. The molecule has 350 valence electrons. The van der Waals surface area contributed by atoms with Crippen molar-refractivity contribution in [3.63, 3.8) is 0 Å². The maximum absolute atomic E-state index is 10.3. The van der Waals surface area contributed by atoms with Gasteiger partial charge in [0.2, 0.25) is 0 Å². The summed E-state index contributed by atoms with van der Waals surface area (Å²) in [7, 11) is 0. The molecule has 0 heterocycles. The molecule has 0 aromatic heterocycles. The highest BCUT2D eigenvalue weighted by Crippen LogP contribution is 2.49. The van der Waals surface area contributed by atoms with Gasteiger partial charge in [-0.25, -0.2) is 0 Å². The molecule has 12 rings (SSSR count). The lowest BCUT2D eigenvalue weighted by molar-refractivity contribution is 1.29. The number of aryl methyl sites for hydroxylation is 4. The van der Waals surface area contributed by atoms with Crippen LogP contribution >= 0.6 is 0 Å². The van der Waals surface area contributed by atoms with Crippen molar-refractivity contribution in [2.45, 2.75) is 27.7 Å². The van der Waals surface area contributed by atoms with Gasteiger partial charge in [-0.05, 0) is 179 Å². The van der Waals surface area contributed by atoms with Gasteiger partial charge in [-0.2, -0.15) is 10.5 Å². The molecule has 0 N–H and O–H groups in total. The average Bonchev–Trinajstić information content (AvgIpc) is 3.45. The van der Waals surface area contributed by atoms with Crippen LogP contribution < -0.4 is 9.80 Å². The summed E-state index contributed by atoms with van der Waals surface area (Å²) in [4.78, 5) is 4.65. The van der Waals surface area contributed by atoms with Crippen LogP contribution in [0.15, 0.2) is 231 Å². The Morgan fingerprint density at radius 3 is 0.905 bits per heavy atom. The lowest BCUT2D eigenvalue weighted by Gasteiger charge is -2.30. The normalized spacial score (nSPS) is 11.2. The van der Waals surface area contributed by atoms with Crippen molar-refractivity contribution >= 4 is 66.4 Å². The van der Waals surface area contributed by atoms with Crippen LogP contribution in [0.1, 0.15) is 33.4 Å². The van der Waals surface area contributed by atoms with E-state index in [1.807, 2.05) is 36.4 Å².